The van der Waals surface area contributed by atoms with Crippen LogP contribution < -0.4 is 0 Å². The van der Waals surface area contributed by atoms with Crippen LogP contribution in [0.1, 0.15) is 30.6 Å². The fourth-order valence-electron chi connectivity index (χ4n) is 4.27. The first-order chi connectivity index (χ1) is 16.0. The first-order valence-electron chi connectivity index (χ1n) is 10.8. The standard InChI is InChI=1S/C24H22BrN3O3S2/c25-17-6-7-20-19(12-17)16(13-27(20)15-22(29)26-8-2-1-3-9-26)11-21-23(30)28(24(32)33-21)14-18-5-4-10-31-18/h4-7,10-13H,1-3,8-9,14-15H2/b21-11-. The average molecular weight is 544 g/mol. The van der Waals surface area contributed by atoms with Gasteiger partial charge in [-0.05, 0) is 55.7 Å². The van der Waals surface area contributed by atoms with Crippen LogP contribution in [0.4, 0.5) is 0 Å². The number of rotatable bonds is 5. The van der Waals surface area contributed by atoms with Crippen LogP contribution in [-0.4, -0.2) is 43.6 Å². The summed E-state index contributed by atoms with van der Waals surface area (Å²) in [5.41, 5.74) is 1.84. The Labute approximate surface area is 209 Å². The van der Waals surface area contributed by atoms with Crippen molar-refractivity contribution in [3.8, 4) is 0 Å². The zero-order chi connectivity index (χ0) is 22.9. The predicted octanol–water partition coefficient (Wildman–Crippen LogP) is 5.41. The summed E-state index contributed by atoms with van der Waals surface area (Å²) >= 11 is 10.3. The number of carbonyl (C=O) groups excluding carboxylic acids is 2. The highest BCUT2D eigenvalue weighted by Gasteiger charge is 2.33. The number of hydrogen-bond acceptors (Lipinski definition) is 5. The Kier molecular flexibility index (Phi) is 6.44. The van der Waals surface area contributed by atoms with E-state index in [2.05, 4.69) is 15.9 Å². The maximum absolute atomic E-state index is 13.1. The lowest BCUT2D eigenvalue weighted by Crippen LogP contribution is -2.37. The molecule has 2 fully saturated rings. The number of furan rings is 1. The predicted molar refractivity (Wildman–Crippen MR) is 137 cm³/mol. The second-order valence-electron chi connectivity index (χ2n) is 8.16. The molecule has 0 N–H and O–H groups in total. The monoisotopic (exact) mass is 543 g/mol. The molecule has 3 aromatic rings. The van der Waals surface area contributed by atoms with Crippen LogP contribution in [0.3, 0.4) is 0 Å². The van der Waals surface area contributed by atoms with Gasteiger partial charge in [0.1, 0.15) is 16.6 Å². The van der Waals surface area contributed by atoms with Gasteiger partial charge in [-0.25, -0.2) is 0 Å². The fraction of sp³-hybridized carbons (Fsp3) is 0.292. The number of amides is 2. The molecule has 170 valence electrons. The normalized spacial score (nSPS) is 18.2. The molecule has 9 heteroatoms. The highest BCUT2D eigenvalue weighted by molar-refractivity contribution is 9.10. The van der Waals surface area contributed by atoms with Gasteiger partial charge in [0.05, 0.1) is 17.7 Å². The Balaban J connectivity index is 1.45. The Morgan fingerprint density at radius 3 is 2.79 bits per heavy atom. The van der Waals surface area contributed by atoms with Gasteiger partial charge < -0.3 is 13.9 Å². The number of benzene rings is 1. The molecule has 2 aromatic heterocycles. The van der Waals surface area contributed by atoms with E-state index in [4.69, 9.17) is 16.6 Å². The third-order valence-corrected chi connectivity index (χ3v) is 7.81. The van der Waals surface area contributed by atoms with Crippen molar-refractivity contribution in [2.75, 3.05) is 13.1 Å². The van der Waals surface area contributed by atoms with E-state index in [0.29, 0.717) is 21.5 Å². The number of thioether (sulfide) groups is 1. The lowest BCUT2D eigenvalue weighted by atomic mass is 10.1. The Hall–Kier alpha value is -2.36. The molecule has 2 aliphatic rings. The van der Waals surface area contributed by atoms with Gasteiger partial charge in [-0.15, -0.1) is 0 Å². The van der Waals surface area contributed by atoms with E-state index in [-0.39, 0.29) is 18.4 Å². The maximum atomic E-state index is 13.1. The summed E-state index contributed by atoms with van der Waals surface area (Å²) < 4.78 is 8.81. The highest BCUT2D eigenvalue weighted by Crippen LogP contribution is 2.36. The van der Waals surface area contributed by atoms with Crippen molar-refractivity contribution < 1.29 is 14.0 Å². The molecule has 2 aliphatic heterocycles. The minimum absolute atomic E-state index is 0.130. The summed E-state index contributed by atoms with van der Waals surface area (Å²) in [7, 11) is 0. The van der Waals surface area contributed by atoms with Crippen LogP contribution in [0.15, 0.2) is 56.6 Å². The number of likely N-dealkylation sites (tertiary alicyclic amines) is 1. The molecule has 0 aliphatic carbocycles. The van der Waals surface area contributed by atoms with Gasteiger partial charge in [0.2, 0.25) is 5.91 Å². The summed E-state index contributed by atoms with van der Waals surface area (Å²) in [6.07, 6.45) is 8.73. The molecule has 0 radical (unpaired) electrons. The van der Waals surface area contributed by atoms with Crippen molar-refractivity contribution >= 4 is 73.0 Å². The van der Waals surface area contributed by atoms with Crippen molar-refractivity contribution in [3.05, 3.63) is 63.5 Å². The largest absolute Gasteiger partial charge is 0.467 e. The van der Waals surface area contributed by atoms with Crippen LogP contribution in [0.2, 0.25) is 0 Å². The van der Waals surface area contributed by atoms with Crippen molar-refractivity contribution in [3.63, 3.8) is 0 Å². The van der Waals surface area contributed by atoms with Gasteiger partial charge in [0, 0.05) is 40.2 Å². The van der Waals surface area contributed by atoms with Crippen molar-refractivity contribution in [2.45, 2.75) is 32.4 Å². The molecule has 0 atom stereocenters. The maximum Gasteiger partial charge on any atom is 0.266 e. The second-order valence-corrected chi connectivity index (χ2v) is 10.8. The van der Waals surface area contributed by atoms with Crippen molar-refractivity contribution in [2.24, 2.45) is 0 Å². The van der Waals surface area contributed by atoms with Gasteiger partial charge in [-0.2, -0.15) is 0 Å². The molecule has 33 heavy (non-hydrogen) atoms. The number of piperidine rings is 1. The van der Waals surface area contributed by atoms with E-state index < -0.39 is 0 Å². The van der Waals surface area contributed by atoms with Gasteiger partial charge >= 0.3 is 0 Å². The SMILES string of the molecule is O=C(Cn1cc(/C=C2\SC(=S)N(Cc3ccco3)C2=O)c2cc(Br)ccc21)N1CCCCC1. The minimum atomic E-state index is -0.137. The fourth-order valence-corrected chi connectivity index (χ4v) is 5.87. The number of nitrogens with zero attached hydrogens (tertiary/aromatic N) is 3. The van der Waals surface area contributed by atoms with E-state index in [9.17, 15) is 9.59 Å². The van der Waals surface area contributed by atoms with Crippen LogP contribution in [0.5, 0.6) is 0 Å². The molecule has 6 nitrogen and oxygen atoms in total. The summed E-state index contributed by atoms with van der Waals surface area (Å²) in [6, 6.07) is 9.61. The smallest absolute Gasteiger partial charge is 0.266 e. The molecule has 2 amide bonds. The second kappa shape index (κ2) is 9.48. The number of thiocarbonyl (C=S) groups is 1. The molecule has 0 spiro atoms. The number of fused-ring (bicyclic) bond motifs is 1. The zero-order valence-corrected chi connectivity index (χ0v) is 21.0. The summed E-state index contributed by atoms with van der Waals surface area (Å²) in [6.45, 7) is 2.25. The van der Waals surface area contributed by atoms with Gasteiger partial charge in [-0.3, -0.25) is 14.5 Å². The molecule has 4 heterocycles. The Morgan fingerprint density at radius 2 is 2.03 bits per heavy atom. The van der Waals surface area contributed by atoms with E-state index in [1.54, 1.807) is 17.2 Å². The van der Waals surface area contributed by atoms with Gasteiger partial charge in [0.25, 0.3) is 5.91 Å². The van der Waals surface area contributed by atoms with Crippen LogP contribution >= 0.6 is 39.9 Å². The van der Waals surface area contributed by atoms with Gasteiger partial charge in [0.15, 0.2) is 0 Å². The van der Waals surface area contributed by atoms with E-state index in [0.717, 1.165) is 46.9 Å². The third-order valence-electron chi connectivity index (χ3n) is 5.94. The van der Waals surface area contributed by atoms with Crippen molar-refractivity contribution in [1.29, 1.82) is 0 Å². The van der Waals surface area contributed by atoms with Crippen LogP contribution in [-0.2, 0) is 22.7 Å². The van der Waals surface area contributed by atoms with E-state index >= 15 is 0 Å². The lowest BCUT2D eigenvalue weighted by molar-refractivity contribution is -0.132. The van der Waals surface area contributed by atoms with Crippen molar-refractivity contribution in [1.82, 2.24) is 14.4 Å². The zero-order valence-electron chi connectivity index (χ0n) is 17.8. The quantitative estimate of drug-likeness (QED) is 0.318. The van der Waals surface area contributed by atoms with E-state index in [1.807, 2.05) is 46.0 Å². The Morgan fingerprint density at radius 1 is 1.21 bits per heavy atom. The molecule has 1 aromatic carbocycles. The molecule has 5 rings (SSSR count). The average Bonchev–Trinajstić information content (AvgIpc) is 3.51. The van der Waals surface area contributed by atoms with E-state index in [1.165, 1.54) is 18.2 Å². The topological polar surface area (TPSA) is 58.7 Å². The van der Waals surface area contributed by atoms with Crippen LogP contribution in [0.25, 0.3) is 17.0 Å². The molecule has 0 unspecified atom stereocenters. The van der Waals surface area contributed by atoms with Crippen LogP contribution in [0, 0.1) is 0 Å². The number of aromatic nitrogens is 1. The first kappa shape index (κ1) is 22.4. The highest BCUT2D eigenvalue weighted by atomic mass is 79.9. The molecular weight excluding hydrogens is 522 g/mol. The lowest BCUT2D eigenvalue weighted by Gasteiger charge is -2.27. The number of carbonyl (C=O) groups is 2. The molecule has 0 saturated carbocycles. The first-order valence-corrected chi connectivity index (χ1v) is 12.9. The minimum Gasteiger partial charge on any atom is -0.467 e. The Bertz CT molecular complexity index is 1260. The number of hydrogen-bond donors (Lipinski definition) is 0. The molecule has 0 bridgehead atoms. The molecule has 2 saturated heterocycles. The summed E-state index contributed by atoms with van der Waals surface area (Å²) in [5, 5.41) is 0.979. The summed E-state index contributed by atoms with van der Waals surface area (Å²) in [5.74, 6) is 0.678. The summed E-state index contributed by atoms with van der Waals surface area (Å²) in [4.78, 5) is 30.1. The molecular formula is C24H22BrN3O3S2. The third kappa shape index (κ3) is 4.67. The number of halogens is 1. The van der Waals surface area contributed by atoms with Gasteiger partial charge in [-0.1, -0.05) is 39.9 Å².